The van der Waals surface area contributed by atoms with Crippen LogP contribution >= 0.6 is 0 Å². The summed E-state index contributed by atoms with van der Waals surface area (Å²) in [6, 6.07) is 5.68. The highest BCUT2D eigenvalue weighted by molar-refractivity contribution is 5.38. The molecule has 1 aliphatic carbocycles. The van der Waals surface area contributed by atoms with Crippen LogP contribution in [0.1, 0.15) is 30.0 Å². The first-order valence-electron chi connectivity index (χ1n) is 6.42. The summed E-state index contributed by atoms with van der Waals surface area (Å²) in [5, 5.41) is 22.3. The van der Waals surface area contributed by atoms with Gasteiger partial charge in [0, 0.05) is 13.2 Å². The maximum Gasteiger partial charge on any atom is 0.115 e. The van der Waals surface area contributed by atoms with Crippen molar-refractivity contribution in [2.24, 2.45) is 0 Å². The Morgan fingerprint density at radius 3 is 3.06 bits per heavy atom. The molecule has 2 rings (SSSR count). The summed E-state index contributed by atoms with van der Waals surface area (Å²) >= 11 is 0. The fourth-order valence-corrected chi connectivity index (χ4v) is 2.60. The summed E-state index contributed by atoms with van der Waals surface area (Å²) in [4.78, 5) is 0. The quantitative estimate of drug-likeness (QED) is 0.739. The lowest BCUT2D eigenvalue weighted by molar-refractivity contribution is 0.120. The van der Waals surface area contributed by atoms with E-state index in [0.717, 1.165) is 24.8 Å². The Bertz CT molecular complexity index is 395. The minimum absolute atomic E-state index is 0.0541. The first kappa shape index (κ1) is 13.3. The van der Waals surface area contributed by atoms with E-state index in [4.69, 9.17) is 4.74 Å². The summed E-state index contributed by atoms with van der Waals surface area (Å²) in [6.45, 7) is 0.541. The summed E-state index contributed by atoms with van der Waals surface area (Å²) in [7, 11) is 1.63. The molecule has 0 saturated carbocycles. The van der Waals surface area contributed by atoms with Crippen molar-refractivity contribution in [1.82, 2.24) is 5.32 Å². The lowest BCUT2D eigenvalue weighted by atomic mass is 9.87. The maximum absolute atomic E-state index is 9.60. The number of fused-ring (bicyclic) bond motifs is 1. The topological polar surface area (TPSA) is 61.7 Å². The normalized spacial score (nSPS) is 20.4. The number of methoxy groups -OCH3 is 1. The number of phenols is 1. The van der Waals surface area contributed by atoms with Crippen molar-refractivity contribution in [3.05, 3.63) is 29.3 Å². The van der Waals surface area contributed by atoms with Gasteiger partial charge < -0.3 is 20.3 Å². The standard InChI is InChI=1S/C14H21NO3/c1-18-9-11(8-16)15-14-4-2-3-10-5-6-12(17)7-13(10)14/h5-7,11,14-17H,2-4,8-9H2,1H3. The van der Waals surface area contributed by atoms with Gasteiger partial charge >= 0.3 is 0 Å². The number of aliphatic hydroxyl groups excluding tert-OH is 1. The van der Waals surface area contributed by atoms with Crippen LogP contribution in [0.2, 0.25) is 0 Å². The molecule has 0 radical (unpaired) electrons. The molecular formula is C14H21NO3. The lowest BCUT2D eigenvalue weighted by Gasteiger charge is -2.29. The van der Waals surface area contributed by atoms with Gasteiger partial charge in [-0.2, -0.15) is 0 Å². The van der Waals surface area contributed by atoms with Crippen LogP contribution in [-0.2, 0) is 11.2 Å². The zero-order chi connectivity index (χ0) is 13.0. The van der Waals surface area contributed by atoms with Crippen molar-refractivity contribution in [3.8, 4) is 5.75 Å². The number of phenolic OH excluding ortho intramolecular Hbond substituents is 1. The van der Waals surface area contributed by atoms with Crippen molar-refractivity contribution in [2.75, 3.05) is 20.3 Å². The van der Waals surface area contributed by atoms with Crippen molar-refractivity contribution in [3.63, 3.8) is 0 Å². The van der Waals surface area contributed by atoms with E-state index in [9.17, 15) is 10.2 Å². The minimum atomic E-state index is -0.0618. The number of nitrogens with one attached hydrogen (secondary N) is 1. The molecule has 0 saturated heterocycles. The Kier molecular flexibility index (Phi) is 4.58. The highest BCUT2D eigenvalue weighted by atomic mass is 16.5. The fraction of sp³-hybridized carbons (Fsp3) is 0.571. The molecule has 0 heterocycles. The number of hydrogen-bond acceptors (Lipinski definition) is 4. The minimum Gasteiger partial charge on any atom is -0.508 e. The van der Waals surface area contributed by atoms with Crippen LogP contribution in [0.4, 0.5) is 0 Å². The van der Waals surface area contributed by atoms with Gasteiger partial charge in [-0.1, -0.05) is 6.07 Å². The van der Waals surface area contributed by atoms with Gasteiger partial charge in [0.2, 0.25) is 0 Å². The highest BCUT2D eigenvalue weighted by Crippen LogP contribution is 2.32. The van der Waals surface area contributed by atoms with Crippen LogP contribution in [0, 0.1) is 0 Å². The molecule has 18 heavy (non-hydrogen) atoms. The monoisotopic (exact) mass is 251 g/mol. The smallest absolute Gasteiger partial charge is 0.115 e. The molecule has 0 aliphatic heterocycles. The van der Waals surface area contributed by atoms with Crippen molar-refractivity contribution < 1.29 is 14.9 Å². The third-order valence-electron chi connectivity index (χ3n) is 3.47. The van der Waals surface area contributed by atoms with Gasteiger partial charge in [-0.25, -0.2) is 0 Å². The van der Waals surface area contributed by atoms with E-state index in [0.29, 0.717) is 12.4 Å². The number of benzene rings is 1. The first-order chi connectivity index (χ1) is 8.74. The largest absolute Gasteiger partial charge is 0.508 e. The molecule has 4 heteroatoms. The van der Waals surface area contributed by atoms with Gasteiger partial charge in [0.05, 0.1) is 19.3 Å². The van der Waals surface area contributed by atoms with Crippen LogP contribution in [0.3, 0.4) is 0 Å². The Morgan fingerprint density at radius 2 is 2.33 bits per heavy atom. The van der Waals surface area contributed by atoms with Crippen LogP contribution in [0.15, 0.2) is 18.2 Å². The summed E-state index contributed by atoms with van der Waals surface area (Å²) in [5.41, 5.74) is 2.43. The fourth-order valence-electron chi connectivity index (χ4n) is 2.60. The molecule has 0 bridgehead atoms. The predicted octanol–water partition coefficient (Wildman–Crippen LogP) is 1.37. The number of aromatic hydroxyl groups is 1. The molecule has 1 aliphatic rings. The third kappa shape index (κ3) is 3.02. The van der Waals surface area contributed by atoms with Gasteiger partial charge in [-0.3, -0.25) is 0 Å². The Balaban J connectivity index is 2.13. The molecule has 2 atom stereocenters. The zero-order valence-electron chi connectivity index (χ0n) is 10.7. The van der Waals surface area contributed by atoms with E-state index in [1.807, 2.05) is 12.1 Å². The second-order valence-electron chi connectivity index (χ2n) is 4.83. The summed E-state index contributed by atoms with van der Waals surface area (Å²) < 4.78 is 5.08. The van der Waals surface area contributed by atoms with E-state index >= 15 is 0 Å². The van der Waals surface area contributed by atoms with Crippen molar-refractivity contribution in [1.29, 1.82) is 0 Å². The van der Waals surface area contributed by atoms with Gasteiger partial charge in [0.25, 0.3) is 0 Å². The number of rotatable bonds is 5. The Labute approximate surface area is 108 Å². The van der Waals surface area contributed by atoms with Crippen LogP contribution < -0.4 is 5.32 Å². The molecule has 0 amide bonds. The van der Waals surface area contributed by atoms with Crippen LogP contribution in [0.5, 0.6) is 5.75 Å². The third-order valence-corrected chi connectivity index (χ3v) is 3.47. The second-order valence-corrected chi connectivity index (χ2v) is 4.83. The van der Waals surface area contributed by atoms with Crippen molar-refractivity contribution >= 4 is 0 Å². The molecule has 0 aromatic heterocycles. The molecular weight excluding hydrogens is 230 g/mol. The van der Waals surface area contributed by atoms with Crippen LogP contribution in [-0.4, -0.2) is 36.6 Å². The number of ether oxygens (including phenoxy) is 1. The van der Waals surface area contributed by atoms with Gasteiger partial charge in [0.1, 0.15) is 5.75 Å². The molecule has 3 N–H and O–H groups in total. The number of aryl methyl sites for hydroxylation is 1. The average molecular weight is 251 g/mol. The number of aliphatic hydroxyl groups is 1. The van der Waals surface area contributed by atoms with Crippen molar-refractivity contribution in [2.45, 2.75) is 31.3 Å². The molecule has 4 nitrogen and oxygen atoms in total. The average Bonchev–Trinajstić information content (AvgIpc) is 2.38. The Hall–Kier alpha value is -1.10. The van der Waals surface area contributed by atoms with E-state index in [2.05, 4.69) is 5.32 Å². The molecule has 100 valence electrons. The van der Waals surface area contributed by atoms with Gasteiger partial charge in [-0.15, -0.1) is 0 Å². The van der Waals surface area contributed by atoms with E-state index in [1.54, 1.807) is 13.2 Å². The molecule has 1 aromatic carbocycles. The molecule has 2 unspecified atom stereocenters. The van der Waals surface area contributed by atoms with E-state index in [1.165, 1.54) is 5.56 Å². The molecule has 1 aromatic rings. The first-order valence-corrected chi connectivity index (χ1v) is 6.42. The van der Waals surface area contributed by atoms with E-state index < -0.39 is 0 Å². The maximum atomic E-state index is 9.60. The molecule has 0 spiro atoms. The van der Waals surface area contributed by atoms with E-state index in [-0.39, 0.29) is 18.7 Å². The SMILES string of the molecule is COCC(CO)NC1CCCc2ccc(O)cc21. The van der Waals surface area contributed by atoms with Gasteiger partial charge in [-0.05, 0) is 42.5 Å². The molecule has 0 fully saturated rings. The van der Waals surface area contributed by atoms with Gasteiger partial charge in [0.15, 0.2) is 0 Å². The lowest BCUT2D eigenvalue weighted by Crippen LogP contribution is -2.40. The summed E-state index contributed by atoms with van der Waals surface area (Å²) in [5.74, 6) is 0.301. The summed E-state index contributed by atoms with van der Waals surface area (Å²) in [6.07, 6.45) is 3.21. The number of hydrogen-bond donors (Lipinski definition) is 3. The van der Waals surface area contributed by atoms with Crippen LogP contribution in [0.25, 0.3) is 0 Å². The predicted molar refractivity (Wildman–Crippen MR) is 69.7 cm³/mol. The highest BCUT2D eigenvalue weighted by Gasteiger charge is 2.22. The Morgan fingerprint density at radius 1 is 1.50 bits per heavy atom. The second kappa shape index (κ2) is 6.18. The zero-order valence-corrected chi connectivity index (χ0v) is 10.7.